The number of hydrogen-bond acceptors (Lipinski definition) is 3. The number of nitrogen functional groups attached to an aromatic ring is 1. The number of anilines is 1. The quantitative estimate of drug-likeness (QED) is 0.506. The zero-order valence-electron chi connectivity index (χ0n) is 9.86. The van der Waals surface area contributed by atoms with Crippen LogP contribution in [-0.2, 0) is 0 Å². The van der Waals surface area contributed by atoms with Gasteiger partial charge in [-0.15, -0.1) is 0 Å². The van der Waals surface area contributed by atoms with Crippen molar-refractivity contribution in [3.05, 3.63) is 46.8 Å². The van der Waals surface area contributed by atoms with Crippen LogP contribution in [0.25, 0.3) is 21.7 Å². The van der Waals surface area contributed by atoms with Gasteiger partial charge in [0.25, 0.3) is 5.56 Å². The second kappa shape index (κ2) is 3.77. The van der Waals surface area contributed by atoms with Gasteiger partial charge in [-0.25, -0.2) is 0 Å². The van der Waals surface area contributed by atoms with E-state index in [1.807, 2.05) is 12.1 Å². The summed E-state index contributed by atoms with van der Waals surface area (Å²) in [5, 5.41) is 2.31. The fourth-order valence-corrected chi connectivity index (χ4v) is 2.22. The summed E-state index contributed by atoms with van der Waals surface area (Å²) in [5.41, 5.74) is 7.17. The number of benzene rings is 2. The van der Waals surface area contributed by atoms with Crippen molar-refractivity contribution >= 4 is 27.4 Å². The van der Waals surface area contributed by atoms with E-state index in [2.05, 4.69) is 4.98 Å². The van der Waals surface area contributed by atoms with Crippen LogP contribution in [0.5, 0.6) is 5.75 Å². The molecule has 0 saturated heterocycles. The lowest BCUT2D eigenvalue weighted by molar-refractivity contribution is 0.415. The van der Waals surface area contributed by atoms with Gasteiger partial charge in [0.1, 0.15) is 5.75 Å². The van der Waals surface area contributed by atoms with Crippen LogP contribution in [0.4, 0.5) is 5.69 Å². The van der Waals surface area contributed by atoms with Gasteiger partial charge in [0.05, 0.1) is 12.6 Å². The minimum Gasteiger partial charge on any atom is -0.497 e. The minimum absolute atomic E-state index is 0.141. The summed E-state index contributed by atoms with van der Waals surface area (Å²) in [7, 11) is 1.59. The molecule has 90 valence electrons. The first-order valence-corrected chi connectivity index (χ1v) is 5.59. The molecule has 0 radical (unpaired) electrons. The lowest BCUT2D eigenvalue weighted by Crippen LogP contribution is -2.07. The Hall–Kier alpha value is -2.49. The van der Waals surface area contributed by atoms with Crippen LogP contribution < -0.4 is 16.0 Å². The number of rotatable bonds is 1. The van der Waals surface area contributed by atoms with E-state index in [1.165, 1.54) is 0 Å². The average molecular weight is 240 g/mol. The summed E-state index contributed by atoms with van der Waals surface area (Å²) in [4.78, 5) is 14.8. The Morgan fingerprint density at radius 3 is 2.78 bits per heavy atom. The lowest BCUT2D eigenvalue weighted by atomic mass is 10.0. The molecule has 0 aliphatic carbocycles. The maximum Gasteiger partial charge on any atom is 0.256 e. The van der Waals surface area contributed by atoms with E-state index in [4.69, 9.17) is 10.5 Å². The van der Waals surface area contributed by atoms with Gasteiger partial charge in [0.2, 0.25) is 0 Å². The highest BCUT2D eigenvalue weighted by atomic mass is 16.5. The van der Waals surface area contributed by atoms with E-state index in [0.717, 1.165) is 16.3 Å². The Morgan fingerprint density at radius 2 is 2.00 bits per heavy atom. The van der Waals surface area contributed by atoms with Gasteiger partial charge in [-0.1, -0.05) is 6.07 Å². The highest BCUT2D eigenvalue weighted by Gasteiger charge is 2.08. The molecule has 4 nitrogen and oxygen atoms in total. The molecule has 0 amide bonds. The second-order valence-corrected chi connectivity index (χ2v) is 4.14. The number of methoxy groups -OCH3 is 1. The number of aromatic amines is 1. The van der Waals surface area contributed by atoms with Gasteiger partial charge in [-0.2, -0.15) is 0 Å². The van der Waals surface area contributed by atoms with E-state index in [0.29, 0.717) is 16.8 Å². The van der Waals surface area contributed by atoms with Crippen molar-refractivity contribution in [2.75, 3.05) is 12.8 Å². The van der Waals surface area contributed by atoms with E-state index in [9.17, 15) is 4.79 Å². The molecule has 0 atom stereocenters. The molecule has 1 aromatic heterocycles. The molecule has 0 aliphatic heterocycles. The first kappa shape index (κ1) is 10.7. The maximum absolute atomic E-state index is 12.0. The Kier molecular flexibility index (Phi) is 2.23. The van der Waals surface area contributed by atoms with Crippen LogP contribution in [-0.4, -0.2) is 12.1 Å². The normalized spacial score (nSPS) is 10.9. The first-order valence-electron chi connectivity index (χ1n) is 5.59. The van der Waals surface area contributed by atoms with Crippen LogP contribution in [0.2, 0.25) is 0 Å². The fraction of sp³-hybridized carbons (Fsp3) is 0.0714. The third-order valence-corrected chi connectivity index (χ3v) is 3.09. The van der Waals surface area contributed by atoms with E-state index in [1.54, 1.807) is 31.4 Å². The molecule has 18 heavy (non-hydrogen) atoms. The molecule has 0 fully saturated rings. The summed E-state index contributed by atoms with van der Waals surface area (Å²) in [5.74, 6) is 0.701. The van der Waals surface area contributed by atoms with Gasteiger partial charge >= 0.3 is 0 Å². The maximum atomic E-state index is 12.0. The summed E-state index contributed by atoms with van der Waals surface area (Å²) in [6, 6.07) is 10.9. The summed E-state index contributed by atoms with van der Waals surface area (Å²) in [6.07, 6.45) is 0. The van der Waals surface area contributed by atoms with Crippen molar-refractivity contribution in [1.82, 2.24) is 4.98 Å². The summed E-state index contributed by atoms with van der Waals surface area (Å²) < 4.78 is 5.15. The predicted molar refractivity (Wildman–Crippen MR) is 73.0 cm³/mol. The average Bonchev–Trinajstić information content (AvgIpc) is 2.38. The standard InChI is InChI=1S/C14H12N2O2/c1-18-8-5-6-9-12(7-8)16-14(17)10-3-2-4-11(15)13(9)10/h2-7H,15H2,1H3,(H,16,17). The number of ether oxygens (including phenoxy) is 1. The molecule has 4 heteroatoms. The largest absolute Gasteiger partial charge is 0.497 e. The number of pyridine rings is 1. The highest BCUT2D eigenvalue weighted by Crippen LogP contribution is 2.28. The van der Waals surface area contributed by atoms with Crippen LogP contribution >= 0.6 is 0 Å². The number of nitrogens with one attached hydrogen (secondary N) is 1. The SMILES string of the molecule is COc1ccc2c(c1)[nH]c(=O)c1cccc(N)c12. The smallest absolute Gasteiger partial charge is 0.256 e. The number of fused-ring (bicyclic) bond motifs is 3. The van der Waals surface area contributed by atoms with E-state index in [-0.39, 0.29) is 5.56 Å². The Bertz CT molecular complexity index is 806. The number of aromatic nitrogens is 1. The molecule has 3 rings (SSSR count). The van der Waals surface area contributed by atoms with E-state index < -0.39 is 0 Å². The van der Waals surface area contributed by atoms with Crippen molar-refractivity contribution in [3.8, 4) is 5.75 Å². The van der Waals surface area contributed by atoms with Gasteiger partial charge < -0.3 is 15.5 Å². The Balaban J connectivity index is 2.57. The number of hydrogen-bond donors (Lipinski definition) is 2. The molecule has 3 aromatic rings. The third-order valence-electron chi connectivity index (χ3n) is 3.09. The van der Waals surface area contributed by atoms with Crippen LogP contribution in [0.1, 0.15) is 0 Å². The lowest BCUT2D eigenvalue weighted by Gasteiger charge is -2.07. The topological polar surface area (TPSA) is 68.1 Å². The fourth-order valence-electron chi connectivity index (χ4n) is 2.22. The van der Waals surface area contributed by atoms with Crippen LogP contribution in [0, 0.1) is 0 Å². The van der Waals surface area contributed by atoms with Crippen molar-refractivity contribution < 1.29 is 4.74 Å². The van der Waals surface area contributed by atoms with Gasteiger partial charge in [0.15, 0.2) is 0 Å². The Labute approximate surface area is 103 Å². The zero-order valence-corrected chi connectivity index (χ0v) is 9.86. The monoisotopic (exact) mass is 240 g/mol. The second-order valence-electron chi connectivity index (χ2n) is 4.14. The van der Waals surface area contributed by atoms with Crippen molar-refractivity contribution in [2.45, 2.75) is 0 Å². The molecular weight excluding hydrogens is 228 g/mol. The number of H-pyrrole nitrogens is 1. The first-order chi connectivity index (χ1) is 8.70. The molecule has 3 N–H and O–H groups in total. The van der Waals surface area contributed by atoms with Crippen molar-refractivity contribution in [1.29, 1.82) is 0 Å². The van der Waals surface area contributed by atoms with Gasteiger partial charge in [0, 0.05) is 27.9 Å². The van der Waals surface area contributed by atoms with E-state index >= 15 is 0 Å². The molecule has 0 bridgehead atoms. The molecule has 0 saturated carbocycles. The highest BCUT2D eigenvalue weighted by molar-refractivity contribution is 6.11. The van der Waals surface area contributed by atoms with Gasteiger partial charge in [-0.3, -0.25) is 4.79 Å². The molecule has 0 unspecified atom stereocenters. The zero-order chi connectivity index (χ0) is 12.7. The number of nitrogens with two attached hydrogens (primary N) is 1. The molecule has 0 aliphatic rings. The van der Waals surface area contributed by atoms with Crippen molar-refractivity contribution in [3.63, 3.8) is 0 Å². The molecule has 0 spiro atoms. The Morgan fingerprint density at radius 1 is 1.17 bits per heavy atom. The molecule has 1 heterocycles. The minimum atomic E-state index is -0.141. The third kappa shape index (κ3) is 1.43. The summed E-state index contributed by atoms with van der Waals surface area (Å²) >= 11 is 0. The van der Waals surface area contributed by atoms with Crippen LogP contribution in [0.3, 0.4) is 0 Å². The van der Waals surface area contributed by atoms with Gasteiger partial charge in [-0.05, 0) is 24.3 Å². The predicted octanol–water partition coefficient (Wildman–Crippen LogP) is 2.27. The summed E-state index contributed by atoms with van der Waals surface area (Å²) in [6.45, 7) is 0. The van der Waals surface area contributed by atoms with Crippen molar-refractivity contribution in [2.24, 2.45) is 0 Å². The molecular formula is C14H12N2O2. The van der Waals surface area contributed by atoms with Crippen LogP contribution in [0.15, 0.2) is 41.2 Å². The molecule has 2 aromatic carbocycles.